The van der Waals surface area contributed by atoms with Crippen LogP contribution in [0.1, 0.15) is 36.8 Å². The zero-order chi connectivity index (χ0) is 25.8. The highest BCUT2D eigenvalue weighted by Gasteiger charge is 2.26. The lowest BCUT2D eigenvalue weighted by Gasteiger charge is -2.21. The first-order valence-corrected chi connectivity index (χ1v) is 12.0. The maximum absolute atomic E-state index is 13.0. The van der Waals surface area contributed by atoms with Crippen molar-refractivity contribution in [1.82, 2.24) is 16.1 Å². The Balaban J connectivity index is 1.67. The van der Waals surface area contributed by atoms with E-state index in [1.165, 1.54) is 0 Å². The van der Waals surface area contributed by atoms with Gasteiger partial charge in [0.15, 0.2) is 0 Å². The third-order valence-corrected chi connectivity index (χ3v) is 5.83. The molecule has 0 spiro atoms. The Kier molecular flexibility index (Phi) is 10.5. The van der Waals surface area contributed by atoms with Crippen molar-refractivity contribution < 1.29 is 33.5 Å². The topological polar surface area (TPSA) is 126 Å². The summed E-state index contributed by atoms with van der Waals surface area (Å²) in [7, 11) is 0. The van der Waals surface area contributed by atoms with E-state index in [1.54, 1.807) is 41.9 Å². The number of rotatable bonds is 8. The van der Waals surface area contributed by atoms with Gasteiger partial charge in [-0.05, 0) is 48.2 Å². The molecule has 0 saturated heterocycles. The number of halogens is 1. The van der Waals surface area contributed by atoms with E-state index in [0.29, 0.717) is 44.0 Å². The molecule has 3 amide bonds. The molecule has 9 nitrogen and oxygen atoms in total. The van der Waals surface area contributed by atoms with E-state index in [0.717, 1.165) is 11.1 Å². The number of hydrogen-bond acceptors (Lipinski definition) is 6. The molecule has 2 aromatic rings. The molecule has 4 rings (SSSR count). The van der Waals surface area contributed by atoms with Gasteiger partial charge in [0.1, 0.15) is 17.5 Å². The molecule has 2 bridgehead atoms. The van der Waals surface area contributed by atoms with Crippen LogP contribution in [0.15, 0.2) is 48.5 Å². The number of ether oxygens (including phenoxy) is 2. The van der Waals surface area contributed by atoms with E-state index in [4.69, 9.17) is 14.7 Å². The van der Waals surface area contributed by atoms with Crippen LogP contribution in [0.25, 0.3) is 0 Å². The molecule has 2 aliphatic heterocycles. The van der Waals surface area contributed by atoms with E-state index in [1.807, 2.05) is 12.1 Å². The second kappa shape index (κ2) is 14.0. The van der Waals surface area contributed by atoms with E-state index < -0.39 is 30.4 Å². The molecule has 0 aliphatic carbocycles. The molecule has 10 heteroatoms. The summed E-state index contributed by atoms with van der Waals surface area (Å²) in [5.74, 6) is -0.960. The van der Waals surface area contributed by atoms with Crippen LogP contribution in [0.4, 0.5) is 4.39 Å². The summed E-state index contributed by atoms with van der Waals surface area (Å²) in [6.07, 6.45) is 1.25. The molecule has 2 aromatic carbocycles. The van der Waals surface area contributed by atoms with Gasteiger partial charge in [0, 0.05) is 31.7 Å². The number of carbonyl (C=O) groups is 3. The molecule has 4 N–H and O–H groups in total. The van der Waals surface area contributed by atoms with Gasteiger partial charge in [-0.15, -0.1) is 0 Å². The number of nitrogens with one attached hydrogen (secondary N) is 3. The van der Waals surface area contributed by atoms with Crippen LogP contribution in [-0.2, 0) is 27.3 Å². The minimum absolute atomic E-state index is 0.169. The Morgan fingerprint density at radius 2 is 1.83 bits per heavy atom. The number of hydroxylamine groups is 1. The molecule has 0 saturated carbocycles. The molecular weight excluding hydrogens is 469 g/mol. The van der Waals surface area contributed by atoms with Crippen molar-refractivity contribution in [2.24, 2.45) is 5.92 Å². The van der Waals surface area contributed by atoms with Crippen LogP contribution in [0.2, 0.25) is 0 Å². The van der Waals surface area contributed by atoms with Crippen LogP contribution < -0.4 is 25.6 Å². The lowest BCUT2D eigenvalue weighted by atomic mass is 9.97. The Morgan fingerprint density at radius 3 is 2.53 bits per heavy atom. The molecule has 2 atom stereocenters. The normalized spacial score (nSPS) is 18.3. The van der Waals surface area contributed by atoms with Crippen molar-refractivity contribution in [3.05, 3.63) is 59.7 Å². The van der Waals surface area contributed by atoms with Crippen LogP contribution in [0.3, 0.4) is 0 Å². The van der Waals surface area contributed by atoms with Crippen molar-refractivity contribution >= 4 is 17.7 Å². The Bertz CT molecular complexity index is 1000. The van der Waals surface area contributed by atoms with Gasteiger partial charge in [-0.3, -0.25) is 24.0 Å². The molecule has 2 aliphatic rings. The van der Waals surface area contributed by atoms with Gasteiger partial charge in [-0.2, -0.15) is 0 Å². The molecule has 2 heterocycles. The summed E-state index contributed by atoms with van der Waals surface area (Å²) in [5, 5.41) is 14.6. The van der Waals surface area contributed by atoms with Crippen molar-refractivity contribution in [2.75, 3.05) is 19.9 Å². The number of fused-ring (bicyclic) bond motifs is 11. The minimum atomic E-state index is -0.867. The largest absolute Gasteiger partial charge is 0.494 e. The fraction of sp³-hybridized carbons (Fsp3) is 0.423. The molecular formula is C26H32FN3O6. The van der Waals surface area contributed by atoms with Gasteiger partial charge in [-0.1, -0.05) is 24.3 Å². The first kappa shape index (κ1) is 26.9. The zero-order valence-corrected chi connectivity index (χ0v) is 20.0. The summed E-state index contributed by atoms with van der Waals surface area (Å²) in [5.41, 5.74) is 3.27. The van der Waals surface area contributed by atoms with Gasteiger partial charge in [0.25, 0.3) is 0 Å². The van der Waals surface area contributed by atoms with Crippen molar-refractivity contribution in [1.29, 1.82) is 0 Å². The first-order chi connectivity index (χ1) is 17.5. The highest BCUT2D eigenvalue weighted by molar-refractivity contribution is 5.90. The summed E-state index contributed by atoms with van der Waals surface area (Å²) in [4.78, 5) is 37.8. The first-order valence-electron chi connectivity index (χ1n) is 12.0. The van der Waals surface area contributed by atoms with Gasteiger partial charge in [-0.25, -0.2) is 5.48 Å². The Labute approximate surface area is 209 Å². The third kappa shape index (κ3) is 8.53. The van der Waals surface area contributed by atoms with E-state index in [9.17, 15) is 18.8 Å². The average Bonchev–Trinajstić information content (AvgIpc) is 2.89. The molecule has 36 heavy (non-hydrogen) atoms. The van der Waals surface area contributed by atoms with Crippen LogP contribution in [0.5, 0.6) is 11.5 Å². The zero-order valence-electron chi connectivity index (χ0n) is 20.0. The van der Waals surface area contributed by atoms with Crippen molar-refractivity contribution in [3.63, 3.8) is 0 Å². The minimum Gasteiger partial charge on any atom is -0.494 e. The van der Waals surface area contributed by atoms with E-state index in [2.05, 4.69) is 10.6 Å². The number of alkyl halides is 1. The van der Waals surface area contributed by atoms with Gasteiger partial charge >= 0.3 is 0 Å². The molecule has 0 fully saturated rings. The highest BCUT2D eigenvalue weighted by atomic mass is 19.1. The van der Waals surface area contributed by atoms with Gasteiger partial charge in [0.2, 0.25) is 17.7 Å². The maximum Gasteiger partial charge on any atom is 0.246 e. The Hall–Kier alpha value is -3.66. The fourth-order valence-electron chi connectivity index (χ4n) is 3.84. The smallest absolute Gasteiger partial charge is 0.246 e. The van der Waals surface area contributed by atoms with E-state index in [-0.39, 0.29) is 25.3 Å². The second-order valence-electron chi connectivity index (χ2n) is 8.59. The second-order valence-corrected chi connectivity index (χ2v) is 8.59. The standard InChI is InChI=1S/C26H32FN3O6/c27-12-2-14-36-22-10-6-19(7-11-22)17-28-26(33)23-15-18-4-8-21(9-5-18)35-13-1-3-20(25(32)30-34)16-24(31)29-23/h4-11,20,23,34H,1-3,12-17H2,(H,28,33)(H,29,31)(H,30,32)/t20-,23?/m0/s1. The van der Waals surface area contributed by atoms with Crippen LogP contribution >= 0.6 is 0 Å². The van der Waals surface area contributed by atoms with Gasteiger partial charge < -0.3 is 20.1 Å². The number of hydrogen-bond donors (Lipinski definition) is 4. The quantitative estimate of drug-likeness (QED) is 0.250. The maximum atomic E-state index is 13.0. The van der Waals surface area contributed by atoms with Crippen LogP contribution in [0, 0.1) is 5.92 Å². The predicted molar refractivity (Wildman–Crippen MR) is 129 cm³/mol. The molecule has 194 valence electrons. The number of amides is 3. The lowest BCUT2D eigenvalue weighted by molar-refractivity contribution is -0.137. The SMILES string of the molecule is O=C1C[C@@H](C(=O)NO)CCCOc2ccc(cc2)CC(C(=O)NCc2ccc(OCCCF)cc2)N1. The Morgan fingerprint density at radius 1 is 1.08 bits per heavy atom. The number of benzene rings is 2. The highest BCUT2D eigenvalue weighted by Crippen LogP contribution is 2.18. The molecule has 1 unspecified atom stereocenters. The third-order valence-electron chi connectivity index (χ3n) is 5.83. The predicted octanol–water partition coefficient (Wildman–Crippen LogP) is 2.45. The average molecular weight is 502 g/mol. The molecule has 0 aromatic heterocycles. The summed E-state index contributed by atoms with van der Waals surface area (Å²) in [6, 6.07) is 13.5. The number of carbonyl (C=O) groups excluding carboxylic acids is 3. The lowest BCUT2D eigenvalue weighted by Crippen LogP contribution is -2.48. The van der Waals surface area contributed by atoms with Gasteiger partial charge in [0.05, 0.1) is 19.9 Å². The molecule has 0 radical (unpaired) electrons. The van der Waals surface area contributed by atoms with Crippen molar-refractivity contribution in [2.45, 2.75) is 44.7 Å². The van der Waals surface area contributed by atoms with E-state index >= 15 is 0 Å². The summed E-state index contributed by atoms with van der Waals surface area (Å²) >= 11 is 0. The monoisotopic (exact) mass is 501 g/mol. The fourth-order valence-corrected chi connectivity index (χ4v) is 3.84. The van der Waals surface area contributed by atoms with Crippen molar-refractivity contribution in [3.8, 4) is 11.5 Å². The van der Waals surface area contributed by atoms with Crippen LogP contribution in [-0.4, -0.2) is 48.9 Å². The summed E-state index contributed by atoms with van der Waals surface area (Å²) < 4.78 is 23.3. The summed E-state index contributed by atoms with van der Waals surface area (Å²) in [6.45, 7) is 0.459.